The summed E-state index contributed by atoms with van der Waals surface area (Å²) >= 11 is 0. The van der Waals surface area contributed by atoms with Crippen molar-refractivity contribution in [3.05, 3.63) is 59.3 Å². The van der Waals surface area contributed by atoms with E-state index in [1.807, 2.05) is 34.6 Å². The van der Waals surface area contributed by atoms with Gasteiger partial charge in [0, 0.05) is 29.1 Å². The molecule has 8 heteroatoms. The van der Waals surface area contributed by atoms with Gasteiger partial charge in [-0.15, -0.1) is 0 Å². The normalized spacial score (nSPS) is 11.7. The first-order valence-corrected chi connectivity index (χ1v) is 11.0. The fourth-order valence-corrected chi connectivity index (χ4v) is 3.50. The van der Waals surface area contributed by atoms with Gasteiger partial charge in [-0.1, -0.05) is 19.9 Å². The second-order valence-electron chi connectivity index (χ2n) is 9.65. The van der Waals surface area contributed by atoms with E-state index < -0.39 is 29.2 Å². The quantitative estimate of drug-likeness (QED) is 0.519. The van der Waals surface area contributed by atoms with Crippen LogP contribution in [0.4, 0.5) is 13.6 Å². The van der Waals surface area contributed by atoms with Crippen LogP contribution in [0.25, 0.3) is 22.0 Å². The second-order valence-corrected chi connectivity index (χ2v) is 9.65. The van der Waals surface area contributed by atoms with Crippen molar-refractivity contribution in [1.82, 2.24) is 9.88 Å². The van der Waals surface area contributed by atoms with Gasteiger partial charge >= 0.3 is 6.09 Å². The zero-order chi connectivity index (χ0) is 25.4. The Labute approximate surface area is 197 Å². The molecule has 2 N–H and O–H groups in total. The first-order chi connectivity index (χ1) is 15.8. The summed E-state index contributed by atoms with van der Waals surface area (Å²) in [5, 5.41) is 0.244. The number of halogens is 2. The van der Waals surface area contributed by atoms with E-state index >= 15 is 8.78 Å². The Hall–Kier alpha value is -3.55. The van der Waals surface area contributed by atoms with Gasteiger partial charge in [-0.2, -0.15) is 0 Å². The number of carbonyl (C=O) groups is 2. The van der Waals surface area contributed by atoms with Gasteiger partial charge < -0.3 is 15.4 Å². The van der Waals surface area contributed by atoms with Gasteiger partial charge in [-0.05, 0) is 63.4 Å². The third kappa shape index (κ3) is 5.00. The maximum Gasteiger partial charge on any atom is 0.415 e. The average Bonchev–Trinajstić information content (AvgIpc) is 2.73. The minimum atomic E-state index is -0.839. The number of hydrogen-bond acceptors (Lipinski definition) is 4. The smallest absolute Gasteiger partial charge is 0.408 e. The Morgan fingerprint density at radius 2 is 1.71 bits per heavy atom. The third-order valence-electron chi connectivity index (χ3n) is 5.58. The standard InChI is InChI=1S/C26H29F2N3O3/c1-14(2)12-20-23(34-25(33)31(6)26(3,4)5)21(22-17(27)8-7-9-18(22)28)16-13-15(24(29)32)10-11-19(16)30-20/h7-11,13-14H,12H2,1-6H3,(H2,29,32). The molecule has 3 rings (SSSR count). The van der Waals surface area contributed by atoms with Crippen molar-refractivity contribution < 1.29 is 23.1 Å². The minimum absolute atomic E-state index is 0.00927. The van der Waals surface area contributed by atoms with E-state index in [0.29, 0.717) is 17.6 Å². The fraction of sp³-hybridized carbons (Fsp3) is 0.346. The number of nitrogens with two attached hydrogens (primary N) is 1. The number of benzene rings is 2. The van der Waals surface area contributed by atoms with Crippen molar-refractivity contribution in [2.45, 2.75) is 46.6 Å². The summed E-state index contributed by atoms with van der Waals surface area (Å²) in [6, 6.07) is 7.97. The van der Waals surface area contributed by atoms with Crippen LogP contribution in [-0.2, 0) is 6.42 Å². The number of amides is 2. The molecular weight excluding hydrogens is 440 g/mol. The molecule has 0 atom stereocenters. The molecule has 6 nitrogen and oxygen atoms in total. The van der Waals surface area contributed by atoms with E-state index in [2.05, 4.69) is 4.98 Å². The topological polar surface area (TPSA) is 85.5 Å². The summed E-state index contributed by atoms with van der Waals surface area (Å²) in [7, 11) is 1.58. The van der Waals surface area contributed by atoms with Crippen LogP contribution >= 0.6 is 0 Å². The number of primary amides is 1. The minimum Gasteiger partial charge on any atom is -0.408 e. The first-order valence-electron chi connectivity index (χ1n) is 11.0. The molecule has 1 aromatic heterocycles. The molecule has 0 radical (unpaired) electrons. The molecule has 0 aliphatic rings. The Balaban J connectivity index is 2.44. The summed E-state index contributed by atoms with van der Waals surface area (Å²) in [4.78, 5) is 31.0. The zero-order valence-electron chi connectivity index (χ0n) is 20.2. The van der Waals surface area contributed by atoms with E-state index in [0.717, 1.165) is 12.1 Å². The van der Waals surface area contributed by atoms with Crippen molar-refractivity contribution in [1.29, 1.82) is 0 Å². The summed E-state index contributed by atoms with van der Waals surface area (Å²) in [5.41, 5.74) is 5.43. The molecule has 0 aliphatic carbocycles. The Kier molecular flexibility index (Phi) is 6.91. The predicted octanol–water partition coefficient (Wildman–Crippen LogP) is 5.71. The number of pyridine rings is 1. The average molecular weight is 470 g/mol. The summed E-state index contributed by atoms with van der Waals surface area (Å²) < 4.78 is 36.0. The number of carbonyl (C=O) groups excluding carboxylic acids is 2. The number of fused-ring (bicyclic) bond motifs is 1. The zero-order valence-corrected chi connectivity index (χ0v) is 20.2. The lowest BCUT2D eigenvalue weighted by molar-refractivity contribution is 0.1000. The SMILES string of the molecule is CC(C)Cc1nc2ccc(C(N)=O)cc2c(-c2c(F)cccc2F)c1OC(=O)N(C)C(C)(C)C. The second kappa shape index (κ2) is 9.37. The fourth-order valence-electron chi connectivity index (χ4n) is 3.50. The molecule has 2 amide bonds. The largest absolute Gasteiger partial charge is 0.415 e. The van der Waals surface area contributed by atoms with Crippen LogP contribution in [0.15, 0.2) is 36.4 Å². The van der Waals surface area contributed by atoms with Gasteiger partial charge in [0.25, 0.3) is 0 Å². The van der Waals surface area contributed by atoms with Crippen molar-refractivity contribution in [3.63, 3.8) is 0 Å². The molecule has 34 heavy (non-hydrogen) atoms. The number of rotatable bonds is 5. The van der Waals surface area contributed by atoms with Crippen molar-refractivity contribution >= 4 is 22.9 Å². The molecule has 2 aromatic carbocycles. The lowest BCUT2D eigenvalue weighted by Crippen LogP contribution is -2.44. The van der Waals surface area contributed by atoms with Crippen molar-refractivity contribution in [2.75, 3.05) is 7.05 Å². The highest BCUT2D eigenvalue weighted by molar-refractivity contribution is 6.04. The number of hydrogen-bond donors (Lipinski definition) is 1. The monoisotopic (exact) mass is 469 g/mol. The van der Waals surface area contributed by atoms with Gasteiger partial charge in [0.2, 0.25) is 5.91 Å². The highest BCUT2D eigenvalue weighted by Crippen LogP contribution is 2.42. The molecule has 0 fully saturated rings. The highest BCUT2D eigenvalue weighted by Gasteiger charge is 2.29. The van der Waals surface area contributed by atoms with Gasteiger partial charge in [0.1, 0.15) is 11.6 Å². The molecule has 0 bridgehead atoms. The maximum atomic E-state index is 15.1. The van der Waals surface area contributed by atoms with Crippen LogP contribution in [0.3, 0.4) is 0 Å². The van der Waals surface area contributed by atoms with Crippen molar-refractivity contribution in [3.8, 4) is 16.9 Å². The number of aromatic nitrogens is 1. The Morgan fingerprint density at radius 1 is 1.09 bits per heavy atom. The number of ether oxygens (including phenoxy) is 1. The van der Waals surface area contributed by atoms with Crippen LogP contribution in [0.1, 0.15) is 50.7 Å². The van der Waals surface area contributed by atoms with E-state index in [4.69, 9.17) is 10.5 Å². The third-order valence-corrected chi connectivity index (χ3v) is 5.58. The lowest BCUT2D eigenvalue weighted by Gasteiger charge is -2.31. The molecule has 3 aromatic rings. The van der Waals surface area contributed by atoms with Crippen LogP contribution in [-0.4, -0.2) is 34.5 Å². The van der Waals surface area contributed by atoms with Gasteiger partial charge in [0.05, 0.1) is 16.8 Å². The molecular formula is C26H29F2N3O3. The van der Waals surface area contributed by atoms with Crippen LogP contribution in [0.5, 0.6) is 5.75 Å². The molecule has 0 unspecified atom stereocenters. The van der Waals surface area contributed by atoms with E-state index in [-0.39, 0.29) is 33.7 Å². The predicted molar refractivity (Wildman–Crippen MR) is 128 cm³/mol. The van der Waals surface area contributed by atoms with Crippen LogP contribution in [0, 0.1) is 17.6 Å². The molecule has 0 aliphatic heterocycles. The molecule has 180 valence electrons. The first kappa shape index (κ1) is 25.1. The van der Waals surface area contributed by atoms with Crippen molar-refractivity contribution in [2.24, 2.45) is 11.7 Å². The summed E-state index contributed by atoms with van der Waals surface area (Å²) in [6.07, 6.45) is -0.318. The molecule has 1 heterocycles. The maximum absolute atomic E-state index is 15.1. The number of nitrogens with zero attached hydrogens (tertiary/aromatic N) is 2. The Morgan fingerprint density at radius 3 is 2.24 bits per heavy atom. The van der Waals surface area contributed by atoms with Crippen LogP contribution < -0.4 is 10.5 Å². The molecule has 0 spiro atoms. The Bertz CT molecular complexity index is 1250. The van der Waals surface area contributed by atoms with E-state index in [1.54, 1.807) is 13.1 Å². The summed E-state index contributed by atoms with van der Waals surface area (Å²) in [6.45, 7) is 9.41. The molecule has 0 saturated carbocycles. The lowest BCUT2D eigenvalue weighted by atomic mass is 9.94. The van der Waals surface area contributed by atoms with E-state index in [9.17, 15) is 9.59 Å². The highest BCUT2D eigenvalue weighted by atomic mass is 19.1. The van der Waals surface area contributed by atoms with Gasteiger partial charge in [0.15, 0.2) is 5.75 Å². The van der Waals surface area contributed by atoms with Crippen LogP contribution in [0.2, 0.25) is 0 Å². The van der Waals surface area contributed by atoms with Gasteiger partial charge in [-0.3, -0.25) is 4.79 Å². The van der Waals surface area contributed by atoms with E-state index in [1.165, 1.54) is 23.1 Å². The van der Waals surface area contributed by atoms with Gasteiger partial charge in [-0.25, -0.2) is 18.6 Å². The summed E-state index contributed by atoms with van der Waals surface area (Å²) in [5.74, 6) is -2.33. The molecule has 0 saturated heterocycles.